The van der Waals surface area contributed by atoms with Gasteiger partial charge in [-0.2, -0.15) is 0 Å². The van der Waals surface area contributed by atoms with E-state index in [0.29, 0.717) is 0 Å². The SMILES string of the molecule is O=S(=O)(Nc1cccc(O)c1)c1ccccc1Cl. The van der Waals surface area contributed by atoms with Crippen molar-refractivity contribution >= 4 is 27.3 Å². The van der Waals surface area contributed by atoms with Crippen molar-refractivity contribution in [2.45, 2.75) is 4.90 Å². The highest BCUT2D eigenvalue weighted by Crippen LogP contribution is 2.24. The number of anilines is 1. The Bertz CT molecular complexity index is 671. The van der Waals surface area contributed by atoms with Gasteiger partial charge in [0.1, 0.15) is 10.6 Å². The average Bonchev–Trinajstić information content (AvgIpc) is 2.28. The van der Waals surface area contributed by atoms with Crippen molar-refractivity contribution in [2.75, 3.05) is 4.72 Å². The van der Waals surface area contributed by atoms with Gasteiger partial charge in [-0.05, 0) is 24.3 Å². The molecule has 0 atom stereocenters. The number of hydrogen-bond acceptors (Lipinski definition) is 3. The minimum atomic E-state index is -3.75. The summed E-state index contributed by atoms with van der Waals surface area (Å²) in [5.74, 6) is -0.0191. The lowest BCUT2D eigenvalue weighted by Crippen LogP contribution is -2.13. The number of rotatable bonds is 3. The Labute approximate surface area is 110 Å². The molecule has 0 unspecified atom stereocenters. The molecule has 2 N–H and O–H groups in total. The van der Waals surface area contributed by atoms with E-state index in [2.05, 4.69) is 4.72 Å². The molecule has 0 amide bonds. The zero-order valence-electron chi connectivity index (χ0n) is 9.17. The van der Waals surface area contributed by atoms with Gasteiger partial charge in [0.05, 0.1) is 10.7 Å². The highest BCUT2D eigenvalue weighted by molar-refractivity contribution is 7.92. The predicted molar refractivity (Wildman–Crippen MR) is 70.4 cm³/mol. The number of phenolic OH excluding ortho intramolecular Hbond substituents is 1. The minimum Gasteiger partial charge on any atom is -0.508 e. The summed E-state index contributed by atoms with van der Waals surface area (Å²) in [6.45, 7) is 0. The van der Waals surface area contributed by atoms with Gasteiger partial charge in [0.2, 0.25) is 0 Å². The van der Waals surface area contributed by atoms with Crippen molar-refractivity contribution in [1.29, 1.82) is 0 Å². The Balaban J connectivity index is 2.37. The van der Waals surface area contributed by atoms with Crippen molar-refractivity contribution in [1.82, 2.24) is 0 Å². The topological polar surface area (TPSA) is 66.4 Å². The first-order chi connectivity index (χ1) is 8.49. The van der Waals surface area contributed by atoms with Gasteiger partial charge in [-0.25, -0.2) is 8.42 Å². The van der Waals surface area contributed by atoms with Crippen LogP contribution in [0, 0.1) is 0 Å². The first-order valence-electron chi connectivity index (χ1n) is 5.05. The molecule has 0 saturated heterocycles. The van der Waals surface area contributed by atoms with Gasteiger partial charge in [-0.1, -0.05) is 29.8 Å². The lowest BCUT2D eigenvalue weighted by atomic mass is 10.3. The molecular formula is C12H10ClNO3S. The summed E-state index contributed by atoms with van der Waals surface area (Å²) < 4.78 is 26.5. The number of aromatic hydroxyl groups is 1. The second-order valence-electron chi connectivity index (χ2n) is 3.59. The molecule has 94 valence electrons. The molecule has 6 heteroatoms. The molecule has 0 aliphatic rings. The van der Waals surface area contributed by atoms with Gasteiger partial charge in [-0.3, -0.25) is 4.72 Å². The van der Waals surface area contributed by atoms with Crippen molar-refractivity contribution in [2.24, 2.45) is 0 Å². The van der Waals surface area contributed by atoms with Gasteiger partial charge in [0.25, 0.3) is 10.0 Å². The number of nitrogens with one attached hydrogen (secondary N) is 1. The molecule has 2 rings (SSSR count). The second-order valence-corrected chi connectivity index (χ2v) is 5.64. The third kappa shape index (κ3) is 2.75. The van der Waals surface area contributed by atoms with E-state index in [9.17, 15) is 13.5 Å². The number of halogens is 1. The zero-order chi connectivity index (χ0) is 13.2. The van der Waals surface area contributed by atoms with Gasteiger partial charge >= 0.3 is 0 Å². The molecule has 2 aromatic carbocycles. The monoisotopic (exact) mass is 283 g/mol. The van der Waals surface area contributed by atoms with Gasteiger partial charge in [-0.15, -0.1) is 0 Å². The first-order valence-corrected chi connectivity index (χ1v) is 6.91. The van der Waals surface area contributed by atoms with Crippen molar-refractivity contribution in [3.8, 4) is 5.75 Å². The van der Waals surface area contributed by atoms with Crippen LogP contribution in [0.3, 0.4) is 0 Å². The summed E-state index contributed by atoms with van der Waals surface area (Å²) in [4.78, 5) is -0.00462. The first kappa shape index (κ1) is 12.7. The Kier molecular flexibility index (Phi) is 3.45. The summed E-state index contributed by atoms with van der Waals surface area (Å²) in [6.07, 6.45) is 0. The summed E-state index contributed by atoms with van der Waals surface area (Å²) >= 11 is 5.84. The highest BCUT2D eigenvalue weighted by atomic mass is 35.5. The molecule has 0 radical (unpaired) electrons. The molecule has 0 aromatic heterocycles. The Morgan fingerprint density at radius 3 is 2.44 bits per heavy atom. The van der Waals surface area contributed by atoms with Crippen LogP contribution in [-0.4, -0.2) is 13.5 Å². The molecule has 0 aliphatic heterocycles. The van der Waals surface area contributed by atoms with Crippen LogP contribution >= 0.6 is 11.6 Å². The fourth-order valence-electron chi connectivity index (χ4n) is 1.44. The van der Waals surface area contributed by atoms with E-state index >= 15 is 0 Å². The molecule has 0 aliphatic carbocycles. The number of hydrogen-bond donors (Lipinski definition) is 2. The van der Waals surface area contributed by atoms with E-state index in [1.165, 1.54) is 30.3 Å². The van der Waals surface area contributed by atoms with E-state index in [1.54, 1.807) is 18.2 Å². The molecule has 0 bridgehead atoms. The van der Waals surface area contributed by atoms with Crippen LogP contribution in [0.5, 0.6) is 5.75 Å². The number of phenols is 1. The second kappa shape index (κ2) is 4.88. The van der Waals surface area contributed by atoms with E-state index in [0.717, 1.165) is 0 Å². The highest BCUT2D eigenvalue weighted by Gasteiger charge is 2.17. The lowest BCUT2D eigenvalue weighted by Gasteiger charge is -2.09. The number of sulfonamides is 1. The van der Waals surface area contributed by atoms with E-state index in [4.69, 9.17) is 11.6 Å². The Hall–Kier alpha value is -1.72. The average molecular weight is 284 g/mol. The molecule has 0 spiro atoms. The van der Waals surface area contributed by atoms with Crippen LogP contribution in [0.1, 0.15) is 0 Å². The van der Waals surface area contributed by atoms with Gasteiger partial charge in [0.15, 0.2) is 0 Å². The normalized spacial score (nSPS) is 11.2. The number of benzene rings is 2. The van der Waals surface area contributed by atoms with Crippen LogP contribution < -0.4 is 4.72 Å². The summed E-state index contributed by atoms with van der Waals surface area (Å²) in [5, 5.41) is 9.42. The molecule has 4 nitrogen and oxygen atoms in total. The maximum absolute atomic E-state index is 12.1. The summed E-state index contributed by atoms with van der Waals surface area (Å²) in [7, 11) is -3.75. The van der Waals surface area contributed by atoms with Crippen molar-refractivity contribution in [3.05, 3.63) is 53.6 Å². The van der Waals surface area contributed by atoms with Crippen LogP contribution in [0.4, 0.5) is 5.69 Å². The molecule has 2 aromatic rings. The van der Waals surface area contributed by atoms with Gasteiger partial charge in [0, 0.05) is 6.07 Å². The smallest absolute Gasteiger partial charge is 0.263 e. The Morgan fingerprint density at radius 1 is 1.06 bits per heavy atom. The fraction of sp³-hybridized carbons (Fsp3) is 0. The quantitative estimate of drug-likeness (QED) is 0.910. The summed E-state index contributed by atoms with van der Waals surface area (Å²) in [6, 6.07) is 12.0. The van der Waals surface area contributed by atoms with Crippen LogP contribution in [-0.2, 0) is 10.0 Å². The van der Waals surface area contributed by atoms with Crippen molar-refractivity contribution in [3.63, 3.8) is 0 Å². The molecule has 18 heavy (non-hydrogen) atoms. The largest absolute Gasteiger partial charge is 0.508 e. The maximum atomic E-state index is 12.1. The maximum Gasteiger partial charge on any atom is 0.263 e. The third-order valence-electron chi connectivity index (χ3n) is 2.22. The van der Waals surface area contributed by atoms with E-state index in [1.807, 2.05) is 0 Å². The standard InChI is InChI=1S/C12H10ClNO3S/c13-11-6-1-2-7-12(11)18(16,17)14-9-4-3-5-10(15)8-9/h1-8,14-15H. The lowest BCUT2D eigenvalue weighted by molar-refractivity contribution is 0.475. The Morgan fingerprint density at radius 2 is 1.78 bits per heavy atom. The fourth-order valence-corrected chi connectivity index (χ4v) is 3.01. The molecule has 0 fully saturated rings. The van der Waals surface area contributed by atoms with E-state index in [-0.39, 0.29) is 21.4 Å². The predicted octanol–water partition coefficient (Wildman–Crippen LogP) is 2.85. The zero-order valence-corrected chi connectivity index (χ0v) is 10.7. The van der Waals surface area contributed by atoms with E-state index < -0.39 is 10.0 Å². The summed E-state index contributed by atoms with van der Waals surface area (Å²) in [5.41, 5.74) is 0.273. The van der Waals surface area contributed by atoms with Crippen molar-refractivity contribution < 1.29 is 13.5 Å². The van der Waals surface area contributed by atoms with Crippen LogP contribution in [0.15, 0.2) is 53.4 Å². The van der Waals surface area contributed by atoms with Crippen LogP contribution in [0.2, 0.25) is 5.02 Å². The van der Waals surface area contributed by atoms with Crippen LogP contribution in [0.25, 0.3) is 0 Å². The minimum absolute atomic E-state index is 0.00462. The third-order valence-corrected chi connectivity index (χ3v) is 4.11. The molecule has 0 heterocycles. The molecular weight excluding hydrogens is 274 g/mol. The van der Waals surface area contributed by atoms with Gasteiger partial charge < -0.3 is 5.11 Å². The molecule has 0 saturated carbocycles.